The zero-order valence-electron chi connectivity index (χ0n) is 6.45. The molecule has 0 aliphatic carbocycles. The fourth-order valence-electron chi connectivity index (χ4n) is 1.22. The summed E-state index contributed by atoms with van der Waals surface area (Å²) in [5.41, 5.74) is 7.34. The number of anilines is 1. The van der Waals surface area contributed by atoms with Crippen molar-refractivity contribution in [3.05, 3.63) is 29.1 Å². The smallest absolute Gasteiger partial charge is 0.0696 e. The number of aliphatic hydroxyl groups is 1. The van der Waals surface area contributed by atoms with Crippen molar-refractivity contribution >= 4 is 27.1 Å². The van der Waals surface area contributed by atoms with E-state index in [0.29, 0.717) is 0 Å². The van der Waals surface area contributed by atoms with E-state index in [1.54, 1.807) is 11.3 Å². The summed E-state index contributed by atoms with van der Waals surface area (Å²) in [5, 5.41) is 12.0. The van der Waals surface area contributed by atoms with Crippen LogP contribution in [-0.2, 0) is 6.61 Å². The molecule has 0 unspecified atom stereocenters. The predicted octanol–water partition coefficient (Wildman–Crippen LogP) is 1.98. The van der Waals surface area contributed by atoms with Crippen molar-refractivity contribution in [2.24, 2.45) is 0 Å². The van der Waals surface area contributed by atoms with Crippen LogP contribution in [0.2, 0.25) is 0 Å². The zero-order valence-corrected chi connectivity index (χ0v) is 7.27. The van der Waals surface area contributed by atoms with Crippen LogP contribution in [0.15, 0.2) is 23.6 Å². The molecule has 0 atom stereocenters. The molecule has 2 nitrogen and oxygen atoms in total. The summed E-state index contributed by atoms with van der Waals surface area (Å²) >= 11 is 1.63. The first kappa shape index (κ1) is 7.58. The van der Waals surface area contributed by atoms with Crippen molar-refractivity contribution < 1.29 is 5.11 Å². The van der Waals surface area contributed by atoms with Crippen LogP contribution < -0.4 is 5.73 Å². The molecular weight excluding hydrogens is 170 g/mol. The molecule has 2 rings (SSSR count). The normalized spacial score (nSPS) is 10.8. The number of hydrogen-bond donors (Lipinski definition) is 2. The van der Waals surface area contributed by atoms with Crippen molar-refractivity contribution in [1.29, 1.82) is 0 Å². The number of benzene rings is 1. The Morgan fingerprint density at radius 1 is 1.42 bits per heavy atom. The van der Waals surface area contributed by atoms with Gasteiger partial charge in [0.1, 0.15) is 0 Å². The van der Waals surface area contributed by atoms with Gasteiger partial charge in [0.05, 0.1) is 6.61 Å². The minimum Gasteiger partial charge on any atom is -0.399 e. The molecule has 1 aromatic carbocycles. The highest BCUT2D eigenvalue weighted by Gasteiger charge is 2.01. The molecule has 0 aliphatic heterocycles. The summed E-state index contributed by atoms with van der Waals surface area (Å²) in [6, 6.07) is 5.76. The van der Waals surface area contributed by atoms with Gasteiger partial charge in [0.25, 0.3) is 0 Å². The van der Waals surface area contributed by atoms with Crippen molar-refractivity contribution in [1.82, 2.24) is 0 Å². The third kappa shape index (κ3) is 1.07. The summed E-state index contributed by atoms with van der Waals surface area (Å²) in [4.78, 5) is 0. The molecule has 0 bridgehead atoms. The minimum absolute atomic E-state index is 0.0868. The zero-order chi connectivity index (χ0) is 8.55. The van der Waals surface area contributed by atoms with Gasteiger partial charge in [-0.1, -0.05) is 0 Å². The highest BCUT2D eigenvalue weighted by Crippen LogP contribution is 2.27. The first-order chi connectivity index (χ1) is 5.81. The SMILES string of the molecule is Nc1ccc2scc(CO)c2c1. The van der Waals surface area contributed by atoms with Gasteiger partial charge in [-0.25, -0.2) is 0 Å². The predicted molar refractivity (Wildman–Crippen MR) is 52.2 cm³/mol. The van der Waals surface area contributed by atoms with Crippen LogP contribution in [0.3, 0.4) is 0 Å². The Hall–Kier alpha value is -1.06. The lowest BCUT2D eigenvalue weighted by Gasteiger charge is -1.95. The number of thiophene rings is 1. The molecule has 12 heavy (non-hydrogen) atoms. The van der Waals surface area contributed by atoms with Gasteiger partial charge in [-0.2, -0.15) is 0 Å². The quantitative estimate of drug-likeness (QED) is 0.657. The second-order valence-corrected chi connectivity index (χ2v) is 3.59. The summed E-state index contributed by atoms with van der Waals surface area (Å²) in [5.74, 6) is 0. The molecule has 0 saturated heterocycles. The van der Waals surface area contributed by atoms with Gasteiger partial charge in [-0.15, -0.1) is 11.3 Å². The molecule has 2 aromatic rings. The van der Waals surface area contributed by atoms with Gasteiger partial charge in [0.15, 0.2) is 0 Å². The lowest BCUT2D eigenvalue weighted by atomic mass is 10.2. The first-order valence-corrected chi connectivity index (χ1v) is 4.55. The van der Waals surface area contributed by atoms with Crippen LogP contribution in [0, 0.1) is 0 Å². The summed E-state index contributed by atoms with van der Waals surface area (Å²) in [6.45, 7) is 0.0868. The van der Waals surface area contributed by atoms with E-state index in [1.165, 1.54) is 4.70 Å². The number of nitrogen functional groups attached to an aromatic ring is 1. The number of nitrogens with two attached hydrogens (primary N) is 1. The van der Waals surface area contributed by atoms with Crippen molar-refractivity contribution in [2.45, 2.75) is 6.61 Å². The number of rotatable bonds is 1. The molecule has 1 aromatic heterocycles. The lowest BCUT2D eigenvalue weighted by Crippen LogP contribution is -1.84. The average molecular weight is 179 g/mol. The van der Waals surface area contributed by atoms with E-state index < -0.39 is 0 Å². The fourth-order valence-corrected chi connectivity index (χ4v) is 2.16. The Labute approximate surface area is 74.3 Å². The number of fused-ring (bicyclic) bond motifs is 1. The molecule has 62 valence electrons. The maximum atomic E-state index is 8.98. The van der Waals surface area contributed by atoms with E-state index in [9.17, 15) is 0 Å². The molecule has 0 spiro atoms. The fraction of sp³-hybridized carbons (Fsp3) is 0.111. The summed E-state index contributed by atoms with van der Waals surface area (Å²) in [7, 11) is 0. The molecule has 0 aliphatic rings. The second kappa shape index (κ2) is 2.77. The third-order valence-corrected chi connectivity index (χ3v) is 2.86. The lowest BCUT2D eigenvalue weighted by molar-refractivity contribution is 0.284. The van der Waals surface area contributed by atoms with Crippen molar-refractivity contribution in [3.8, 4) is 0 Å². The van der Waals surface area contributed by atoms with Crippen molar-refractivity contribution in [2.75, 3.05) is 5.73 Å². The van der Waals surface area contributed by atoms with Gasteiger partial charge >= 0.3 is 0 Å². The van der Waals surface area contributed by atoms with Crippen LogP contribution in [0.25, 0.3) is 10.1 Å². The van der Waals surface area contributed by atoms with Gasteiger partial charge in [-0.05, 0) is 34.5 Å². The van der Waals surface area contributed by atoms with Crippen LogP contribution in [0.5, 0.6) is 0 Å². The van der Waals surface area contributed by atoms with Crippen LogP contribution in [-0.4, -0.2) is 5.11 Å². The second-order valence-electron chi connectivity index (χ2n) is 2.67. The molecule has 0 fully saturated rings. The average Bonchev–Trinajstić information content (AvgIpc) is 2.46. The Morgan fingerprint density at radius 2 is 2.25 bits per heavy atom. The molecular formula is C9H9NOS. The molecule has 0 radical (unpaired) electrons. The van der Waals surface area contributed by atoms with E-state index in [1.807, 2.05) is 23.6 Å². The van der Waals surface area contributed by atoms with E-state index >= 15 is 0 Å². The highest BCUT2D eigenvalue weighted by molar-refractivity contribution is 7.17. The summed E-state index contributed by atoms with van der Waals surface area (Å²) < 4.78 is 1.17. The van der Waals surface area contributed by atoms with E-state index in [-0.39, 0.29) is 6.61 Å². The van der Waals surface area contributed by atoms with Gasteiger partial charge in [-0.3, -0.25) is 0 Å². The number of aliphatic hydroxyl groups excluding tert-OH is 1. The van der Waals surface area contributed by atoms with E-state index in [0.717, 1.165) is 16.6 Å². The third-order valence-electron chi connectivity index (χ3n) is 1.85. The number of hydrogen-bond acceptors (Lipinski definition) is 3. The molecule has 1 heterocycles. The van der Waals surface area contributed by atoms with E-state index in [2.05, 4.69) is 0 Å². The maximum Gasteiger partial charge on any atom is 0.0696 e. The summed E-state index contributed by atoms with van der Waals surface area (Å²) in [6.07, 6.45) is 0. The molecule has 0 amide bonds. The van der Waals surface area contributed by atoms with Crippen LogP contribution in [0.4, 0.5) is 5.69 Å². The Balaban J connectivity index is 2.75. The van der Waals surface area contributed by atoms with Crippen LogP contribution in [0.1, 0.15) is 5.56 Å². The van der Waals surface area contributed by atoms with E-state index in [4.69, 9.17) is 10.8 Å². The highest BCUT2D eigenvalue weighted by atomic mass is 32.1. The van der Waals surface area contributed by atoms with Gasteiger partial charge < -0.3 is 10.8 Å². The first-order valence-electron chi connectivity index (χ1n) is 3.67. The maximum absolute atomic E-state index is 8.98. The monoisotopic (exact) mass is 179 g/mol. The standard InChI is InChI=1S/C9H9NOS/c10-7-1-2-9-8(3-7)6(4-11)5-12-9/h1-3,5,11H,4,10H2. The molecule has 3 heteroatoms. The topological polar surface area (TPSA) is 46.2 Å². The molecule has 3 N–H and O–H groups in total. The van der Waals surface area contributed by atoms with Crippen LogP contribution >= 0.6 is 11.3 Å². The largest absolute Gasteiger partial charge is 0.399 e. The van der Waals surface area contributed by atoms with Gasteiger partial charge in [0.2, 0.25) is 0 Å². The Bertz CT molecular complexity index is 408. The Morgan fingerprint density at radius 3 is 3.00 bits per heavy atom. The van der Waals surface area contributed by atoms with Crippen molar-refractivity contribution in [3.63, 3.8) is 0 Å². The molecule has 0 saturated carbocycles. The van der Waals surface area contributed by atoms with Gasteiger partial charge in [0, 0.05) is 10.4 Å². The minimum atomic E-state index is 0.0868. The Kier molecular flexibility index (Phi) is 1.75.